The van der Waals surface area contributed by atoms with E-state index in [1.54, 1.807) is 39.8 Å². The van der Waals surface area contributed by atoms with Crippen molar-refractivity contribution in [2.24, 2.45) is 0 Å². The van der Waals surface area contributed by atoms with E-state index in [1.807, 2.05) is 56.2 Å². The van der Waals surface area contributed by atoms with E-state index in [2.05, 4.69) is 27.3 Å². The SMILES string of the molecule is CC(C)(C)OC(=O)N1CCC[C@H](n2cc(-c3cc(Sc4cccnc4)c4c(C#N)cnn4c3)cn2)C1. The largest absolute Gasteiger partial charge is 0.444 e. The van der Waals surface area contributed by atoms with Gasteiger partial charge in [0.1, 0.15) is 11.7 Å². The van der Waals surface area contributed by atoms with Gasteiger partial charge in [-0.25, -0.2) is 9.31 Å². The van der Waals surface area contributed by atoms with Crippen LogP contribution < -0.4 is 0 Å². The molecular formula is C26H27N7O2S. The average Bonchev–Trinajstić information content (AvgIpc) is 3.51. The zero-order chi connectivity index (χ0) is 25.3. The molecule has 0 unspecified atom stereocenters. The van der Waals surface area contributed by atoms with Crippen molar-refractivity contribution in [2.75, 3.05) is 13.1 Å². The first-order valence-electron chi connectivity index (χ1n) is 11.8. The van der Waals surface area contributed by atoms with Gasteiger partial charge in [0.15, 0.2) is 0 Å². The zero-order valence-electron chi connectivity index (χ0n) is 20.5. The molecule has 5 rings (SSSR count). The van der Waals surface area contributed by atoms with Gasteiger partial charge in [-0.05, 0) is 51.8 Å². The molecule has 4 aromatic heterocycles. The summed E-state index contributed by atoms with van der Waals surface area (Å²) in [5, 5.41) is 18.6. The zero-order valence-corrected chi connectivity index (χ0v) is 21.3. The highest BCUT2D eigenvalue weighted by molar-refractivity contribution is 7.99. The number of aromatic nitrogens is 5. The lowest BCUT2D eigenvalue weighted by Crippen LogP contribution is -2.43. The maximum atomic E-state index is 12.6. The molecule has 1 aliphatic rings. The van der Waals surface area contributed by atoms with Gasteiger partial charge in [-0.1, -0.05) is 11.8 Å². The molecule has 36 heavy (non-hydrogen) atoms. The third-order valence-corrected chi connectivity index (χ3v) is 6.92. The molecule has 4 aromatic rings. The molecule has 0 bridgehead atoms. The standard InChI is InChI=1S/C26H27N7O2S/c1-26(2,3)35-25(34)31-9-5-6-21(17-31)32-16-20(13-29-32)18-10-23(36-22-7-4-8-28-14-22)24-19(11-27)12-30-33(24)15-18/h4,7-8,10,12-16,21H,5-6,9,17H2,1-3H3/t21-/m0/s1. The highest BCUT2D eigenvalue weighted by Crippen LogP contribution is 2.35. The van der Waals surface area contributed by atoms with Crippen LogP contribution in [0.5, 0.6) is 0 Å². The van der Waals surface area contributed by atoms with Crippen LogP contribution >= 0.6 is 11.8 Å². The quantitative estimate of drug-likeness (QED) is 0.379. The van der Waals surface area contributed by atoms with Crippen molar-refractivity contribution in [3.8, 4) is 17.2 Å². The van der Waals surface area contributed by atoms with Crippen LogP contribution in [-0.4, -0.2) is 54.1 Å². The van der Waals surface area contributed by atoms with Gasteiger partial charge in [-0.2, -0.15) is 15.5 Å². The number of hydrogen-bond donors (Lipinski definition) is 0. The van der Waals surface area contributed by atoms with E-state index in [-0.39, 0.29) is 12.1 Å². The number of likely N-dealkylation sites (tertiary alicyclic amines) is 1. The first-order valence-corrected chi connectivity index (χ1v) is 12.6. The molecule has 0 radical (unpaired) electrons. The highest BCUT2D eigenvalue weighted by Gasteiger charge is 2.29. The number of carbonyl (C=O) groups excluding carboxylic acids is 1. The molecular weight excluding hydrogens is 474 g/mol. The van der Waals surface area contributed by atoms with Gasteiger partial charge in [0.2, 0.25) is 0 Å². The minimum absolute atomic E-state index is 0.0721. The number of ether oxygens (including phenoxy) is 1. The summed E-state index contributed by atoms with van der Waals surface area (Å²) in [7, 11) is 0. The lowest BCUT2D eigenvalue weighted by Gasteiger charge is -2.34. The third kappa shape index (κ3) is 5.06. The summed E-state index contributed by atoms with van der Waals surface area (Å²) >= 11 is 1.54. The fraction of sp³-hybridized carbons (Fsp3) is 0.346. The Morgan fingerprint density at radius 2 is 2.06 bits per heavy atom. The minimum Gasteiger partial charge on any atom is -0.444 e. The number of amides is 1. The number of fused-ring (bicyclic) bond motifs is 1. The van der Waals surface area contributed by atoms with Crippen LogP contribution in [0.15, 0.2) is 65.2 Å². The van der Waals surface area contributed by atoms with Crippen molar-refractivity contribution in [1.29, 1.82) is 5.26 Å². The molecule has 0 aromatic carbocycles. The van der Waals surface area contributed by atoms with Gasteiger partial charge in [0.05, 0.1) is 29.5 Å². The summed E-state index contributed by atoms with van der Waals surface area (Å²) in [4.78, 5) is 20.5. The van der Waals surface area contributed by atoms with Crippen LogP contribution in [0.25, 0.3) is 16.6 Å². The molecule has 1 atom stereocenters. The molecule has 0 saturated carbocycles. The van der Waals surface area contributed by atoms with Crippen molar-refractivity contribution >= 4 is 23.4 Å². The van der Waals surface area contributed by atoms with E-state index in [0.29, 0.717) is 18.7 Å². The topological polar surface area (TPSA) is 101 Å². The lowest BCUT2D eigenvalue weighted by atomic mass is 10.1. The second-order valence-corrected chi connectivity index (χ2v) is 10.9. The van der Waals surface area contributed by atoms with E-state index < -0.39 is 5.60 Å². The van der Waals surface area contributed by atoms with Crippen molar-refractivity contribution < 1.29 is 9.53 Å². The maximum Gasteiger partial charge on any atom is 0.410 e. The van der Waals surface area contributed by atoms with E-state index in [4.69, 9.17) is 4.74 Å². The summed E-state index contributed by atoms with van der Waals surface area (Å²) in [6, 6.07) is 8.25. The summed E-state index contributed by atoms with van der Waals surface area (Å²) in [6.45, 7) is 6.88. The summed E-state index contributed by atoms with van der Waals surface area (Å²) in [5.41, 5.74) is 2.64. The Labute approximate surface area is 213 Å². The molecule has 5 heterocycles. The second kappa shape index (κ2) is 9.66. The molecule has 184 valence electrons. The monoisotopic (exact) mass is 501 g/mol. The summed E-state index contributed by atoms with van der Waals surface area (Å²) in [5.74, 6) is 0. The third-order valence-electron chi connectivity index (χ3n) is 5.92. The van der Waals surface area contributed by atoms with Crippen LogP contribution in [0.1, 0.15) is 45.2 Å². The minimum atomic E-state index is -0.523. The van der Waals surface area contributed by atoms with Crippen molar-refractivity contribution in [3.63, 3.8) is 0 Å². The molecule has 9 nitrogen and oxygen atoms in total. The number of rotatable bonds is 4. The first-order chi connectivity index (χ1) is 17.3. The number of carbonyl (C=O) groups is 1. The Morgan fingerprint density at radius 3 is 2.81 bits per heavy atom. The van der Waals surface area contributed by atoms with E-state index in [9.17, 15) is 10.1 Å². The van der Waals surface area contributed by atoms with Gasteiger partial charge in [-0.15, -0.1) is 0 Å². The number of nitriles is 1. The Bertz CT molecular complexity index is 1430. The van der Waals surface area contributed by atoms with Gasteiger partial charge in [-0.3, -0.25) is 9.67 Å². The predicted molar refractivity (Wildman–Crippen MR) is 136 cm³/mol. The van der Waals surface area contributed by atoms with E-state index in [0.717, 1.165) is 39.3 Å². The van der Waals surface area contributed by atoms with Crippen LogP contribution in [0.2, 0.25) is 0 Å². The molecule has 1 amide bonds. The number of piperidine rings is 1. The Kier molecular flexibility index (Phi) is 6.41. The van der Waals surface area contributed by atoms with Gasteiger partial charge < -0.3 is 9.64 Å². The molecule has 1 saturated heterocycles. The lowest BCUT2D eigenvalue weighted by molar-refractivity contribution is 0.0167. The molecule has 1 aliphatic heterocycles. The maximum absolute atomic E-state index is 12.6. The van der Waals surface area contributed by atoms with Crippen LogP contribution in [0.3, 0.4) is 0 Å². The summed E-state index contributed by atoms with van der Waals surface area (Å²) < 4.78 is 9.25. The number of pyridine rings is 2. The molecule has 1 fully saturated rings. The van der Waals surface area contributed by atoms with Crippen molar-refractivity contribution in [2.45, 2.75) is 55.0 Å². The molecule has 0 spiro atoms. The van der Waals surface area contributed by atoms with Crippen molar-refractivity contribution in [1.82, 2.24) is 29.3 Å². The van der Waals surface area contributed by atoms with E-state index >= 15 is 0 Å². The van der Waals surface area contributed by atoms with Gasteiger partial charge >= 0.3 is 6.09 Å². The van der Waals surface area contributed by atoms with Gasteiger partial charge in [0, 0.05) is 58.8 Å². The summed E-state index contributed by atoms with van der Waals surface area (Å²) in [6.07, 6.45) is 12.4. The van der Waals surface area contributed by atoms with E-state index in [1.165, 1.54) is 0 Å². The van der Waals surface area contributed by atoms with Crippen LogP contribution in [0.4, 0.5) is 4.79 Å². The Morgan fingerprint density at radius 1 is 1.19 bits per heavy atom. The highest BCUT2D eigenvalue weighted by atomic mass is 32.2. The smallest absolute Gasteiger partial charge is 0.410 e. The number of hydrogen-bond acceptors (Lipinski definition) is 7. The molecule has 0 N–H and O–H groups in total. The van der Waals surface area contributed by atoms with Gasteiger partial charge in [0.25, 0.3) is 0 Å². The second-order valence-electron chi connectivity index (χ2n) is 9.78. The Balaban J connectivity index is 1.43. The average molecular weight is 502 g/mol. The van der Waals surface area contributed by atoms with Crippen LogP contribution in [-0.2, 0) is 4.74 Å². The molecule has 10 heteroatoms. The predicted octanol–water partition coefficient (Wildman–Crippen LogP) is 5.19. The van der Waals surface area contributed by atoms with Crippen LogP contribution in [0, 0.1) is 11.3 Å². The fourth-order valence-corrected chi connectivity index (χ4v) is 5.29. The first kappa shape index (κ1) is 23.9. The fourth-order valence-electron chi connectivity index (χ4n) is 4.29. The Hall–Kier alpha value is -3.84. The van der Waals surface area contributed by atoms with Crippen molar-refractivity contribution in [3.05, 3.63) is 60.9 Å². The normalized spacial score (nSPS) is 16.2. The number of nitrogens with zero attached hydrogens (tertiary/aromatic N) is 7. The molecule has 0 aliphatic carbocycles.